The largest absolute Gasteiger partial charge is 0.492 e. The summed E-state index contributed by atoms with van der Waals surface area (Å²) >= 11 is 0. The number of unbranched alkanes of at least 4 members (excludes halogenated alkanes) is 1. The molecular weight excluding hydrogens is 531 g/mol. The van der Waals surface area contributed by atoms with Crippen LogP contribution >= 0.6 is 0 Å². The summed E-state index contributed by atoms with van der Waals surface area (Å²) in [6.45, 7) is 5.62. The first kappa shape index (κ1) is 28.6. The van der Waals surface area contributed by atoms with Crippen molar-refractivity contribution >= 4 is 9.84 Å². The third kappa shape index (κ3) is 5.38. The van der Waals surface area contributed by atoms with Crippen molar-refractivity contribution in [2.45, 2.75) is 62.3 Å². The predicted molar refractivity (Wildman–Crippen MR) is 148 cm³/mol. The zero-order valence-electron chi connectivity index (χ0n) is 22.4. The molecule has 0 saturated carbocycles. The minimum atomic E-state index is -4.49. The topological polar surface area (TPSA) is 126 Å². The number of hydrogen-bond donors (Lipinski definition) is 1. The van der Waals surface area contributed by atoms with Crippen LogP contribution in [0.2, 0.25) is 0 Å². The molecule has 1 atom stereocenters. The second-order valence-electron chi connectivity index (χ2n) is 9.45. The molecule has 2 aromatic heterocycles. The second kappa shape index (κ2) is 11.8. The van der Waals surface area contributed by atoms with E-state index in [1.165, 1.54) is 34.9 Å². The highest BCUT2D eigenvalue weighted by atomic mass is 32.2. The number of nitrogens with zero attached hydrogens (tertiary/aromatic N) is 4. The van der Waals surface area contributed by atoms with Crippen LogP contribution in [-0.2, 0) is 16.3 Å². The van der Waals surface area contributed by atoms with Gasteiger partial charge in [-0.25, -0.2) is 12.8 Å². The van der Waals surface area contributed by atoms with E-state index in [0.717, 1.165) is 23.1 Å². The second-order valence-corrected chi connectivity index (χ2v) is 11.3. The van der Waals surface area contributed by atoms with Crippen LogP contribution < -0.4 is 5.56 Å². The van der Waals surface area contributed by atoms with Crippen molar-refractivity contribution in [1.29, 1.82) is 5.26 Å². The Kier molecular flexibility index (Phi) is 8.45. The molecule has 0 aliphatic heterocycles. The summed E-state index contributed by atoms with van der Waals surface area (Å²) in [5, 5.41) is 19.9. The van der Waals surface area contributed by atoms with E-state index in [9.17, 15) is 22.7 Å². The number of aromatic hydroxyl groups is 1. The van der Waals surface area contributed by atoms with Crippen LogP contribution in [0.25, 0.3) is 11.1 Å². The van der Waals surface area contributed by atoms with Gasteiger partial charge in [0.05, 0.1) is 16.5 Å². The van der Waals surface area contributed by atoms with E-state index < -0.39 is 38.0 Å². The Hall–Kier alpha value is -4.36. The van der Waals surface area contributed by atoms with Crippen LogP contribution in [0.1, 0.15) is 61.7 Å². The number of nitriles is 1. The maximum Gasteiger partial charge on any atom is 0.277 e. The Labute approximate surface area is 232 Å². The van der Waals surface area contributed by atoms with Crippen molar-refractivity contribution in [2.24, 2.45) is 0 Å². The lowest BCUT2D eigenvalue weighted by Gasteiger charge is -2.23. The van der Waals surface area contributed by atoms with Gasteiger partial charge in [-0.1, -0.05) is 38.5 Å². The minimum absolute atomic E-state index is 0.144. The van der Waals surface area contributed by atoms with Gasteiger partial charge in [0, 0.05) is 18.8 Å². The molecule has 0 unspecified atom stereocenters. The Morgan fingerprint density at radius 3 is 2.45 bits per heavy atom. The lowest BCUT2D eigenvalue weighted by atomic mass is 10.0. The van der Waals surface area contributed by atoms with E-state index in [1.54, 1.807) is 37.5 Å². The molecule has 0 aliphatic rings. The average Bonchev–Trinajstić information content (AvgIpc) is 2.94. The van der Waals surface area contributed by atoms with Gasteiger partial charge in [-0.15, -0.1) is 0 Å². The SMILES string of the molecule is CCCCc1nc(O)c(S(=O)(=O)c2ccc(-c3ccncc3C)cc2)c(=O)n1[C@@H](CC)c1ccc(C#N)c(F)c1. The number of halogens is 1. The first-order valence-corrected chi connectivity index (χ1v) is 14.4. The van der Waals surface area contributed by atoms with E-state index in [0.29, 0.717) is 24.8 Å². The summed E-state index contributed by atoms with van der Waals surface area (Å²) < 4.78 is 43.2. The van der Waals surface area contributed by atoms with Crippen LogP contribution in [0, 0.1) is 24.1 Å². The molecule has 0 fully saturated rings. The zero-order valence-corrected chi connectivity index (χ0v) is 23.2. The maximum absolute atomic E-state index is 14.5. The van der Waals surface area contributed by atoms with Gasteiger partial charge in [-0.2, -0.15) is 10.2 Å². The van der Waals surface area contributed by atoms with Crippen molar-refractivity contribution < 1.29 is 17.9 Å². The smallest absolute Gasteiger partial charge is 0.277 e. The van der Waals surface area contributed by atoms with Gasteiger partial charge in [-0.05, 0) is 72.4 Å². The molecule has 1 N–H and O–H groups in total. The summed E-state index contributed by atoms with van der Waals surface area (Å²) in [7, 11) is -4.49. The molecule has 8 nitrogen and oxygen atoms in total. The fourth-order valence-corrected chi connectivity index (χ4v) is 6.09. The van der Waals surface area contributed by atoms with E-state index in [-0.39, 0.29) is 16.3 Å². The van der Waals surface area contributed by atoms with E-state index in [4.69, 9.17) is 5.26 Å². The van der Waals surface area contributed by atoms with Gasteiger partial charge in [0.1, 0.15) is 17.7 Å². The number of aromatic nitrogens is 3. The number of rotatable bonds is 9. The number of aryl methyl sites for hydroxylation is 2. The van der Waals surface area contributed by atoms with Crippen LogP contribution in [0.4, 0.5) is 4.39 Å². The predicted octanol–water partition coefficient (Wildman–Crippen LogP) is 5.50. The summed E-state index contributed by atoms with van der Waals surface area (Å²) in [6.07, 6.45) is 5.35. The van der Waals surface area contributed by atoms with Crippen molar-refractivity contribution in [2.75, 3.05) is 0 Å². The molecule has 2 heterocycles. The fourth-order valence-electron chi connectivity index (χ4n) is 4.74. The highest BCUT2D eigenvalue weighted by Crippen LogP contribution is 2.31. The van der Waals surface area contributed by atoms with Gasteiger partial charge in [0.25, 0.3) is 5.56 Å². The fraction of sp³-hybridized carbons (Fsp3) is 0.267. The van der Waals surface area contributed by atoms with Crippen LogP contribution in [0.5, 0.6) is 5.88 Å². The van der Waals surface area contributed by atoms with Crippen LogP contribution in [0.15, 0.2) is 75.5 Å². The summed E-state index contributed by atoms with van der Waals surface area (Å²) in [4.78, 5) is 21.2. The number of hydrogen-bond acceptors (Lipinski definition) is 7. The molecule has 0 bridgehead atoms. The lowest BCUT2D eigenvalue weighted by molar-refractivity contribution is 0.406. The number of sulfone groups is 1. The van der Waals surface area contributed by atoms with Crippen LogP contribution in [-0.4, -0.2) is 28.1 Å². The highest BCUT2D eigenvalue weighted by Gasteiger charge is 2.31. The maximum atomic E-state index is 14.5. The molecule has 2 aromatic carbocycles. The Morgan fingerprint density at radius 1 is 1.12 bits per heavy atom. The van der Waals surface area contributed by atoms with Gasteiger partial charge in [0.15, 0.2) is 4.90 Å². The summed E-state index contributed by atoms with van der Waals surface area (Å²) in [6, 6.07) is 12.9. The molecular formula is C30H29FN4O4S. The first-order chi connectivity index (χ1) is 19.1. The third-order valence-corrected chi connectivity index (χ3v) is 8.63. The lowest BCUT2D eigenvalue weighted by Crippen LogP contribution is -2.33. The molecule has 4 rings (SSSR count). The van der Waals surface area contributed by atoms with Crippen molar-refractivity contribution in [3.63, 3.8) is 0 Å². The average molecular weight is 561 g/mol. The Balaban J connectivity index is 1.88. The van der Waals surface area contributed by atoms with Gasteiger partial charge in [0.2, 0.25) is 15.7 Å². The molecule has 10 heteroatoms. The first-order valence-electron chi connectivity index (χ1n) is 12.9. The quantitative estimate of drug-likeness (QED) is 0.286. The third-order valence-electron chi connectivity index (χ3n) is 6.84. The normalized spacial score (nSPS) is 12.2. The van der Waals surface area contributed by atoms with E-state index in [2.05, 4.69) is 9.97 Å². The van der Waals surface area contributed by atoms with Gasteiger partial charge >= 0.3 is 0 Å². The Bertz CT molecular complexity index is 1760. The molecule has 0 aliphatic carbocycles. The zero-order chi connectivity index (χ0) is 29.0. The van der Waals surface area contributed by atoms with Gasteiger partial charge in [-0.3, -0.25) is 14.3 Å². The molecule has 0 spiro atoms. The molecule has 0 radical (unpaired) electrons. The highest BCUT2D eigenvalue weighted by molar-refractivity contribution is 7.91. The van der Waals surface area contributed by atoms with Crippen LogP contribution in [0.3, 0.4) is 0 Å². The molecule has 40 heavy (non-hydrogen) atoms. The van der Waals surface area contributed by atoms with Crippen molar-refractivity contribution in [3.8, 4) is 23.1 Å². The Morgan fingerprint density at radius 2 is 1.85 bits per heavy atom. The van der Waals surface area contributed by atoms with E-state index in [1.807, 2.05) is 19.9 Å². The number of benzene rings is 2. The van der Waals surface area contributed by atoms with E-state index >= 15 is 0 Å². The molecule has 0 saturated heterocycles. The molecule has 4 aromatic rings. The summed E-state index contributed by atoms with van der Waals surface area (Å²) in [5.74, 6) is -1.42. The summed E-state index contributed by atoms with van der Waals surface area (Å²) in [5.41, 5.74) is 1.86. The molecule has 0 amide bonds. The molecule has 206 valence electrons. The van der Waals surface area contributed by atoms with Crippen molar-refractivity contribution in [1.82, 2.24) is 14.5 Å². The monoisotopic (exact) mass is 560 g/mol. The van der Waals surface area contributed by atoms with Crippen molar-refractivity contribution in [3.05, 3.63) is 99.6 Å². The number of pyridine rings is 1. The van der Waals surface area contributed by atoms with Gasteiger partial charge < -0.3 is 5.11 Å². The minimum Gasteiger partial charge on any atom is -0.492 e. The standard InChI is InChI=1S/C30H29FN4O4S/c1-4-6-7-27-34-29(36)28(30(37)35(27)26(5-2)21-8-9-22(17-32)25(31)16-21)40(38,39)23-12-10-20(11-13-23)24-14-15-33-18-19(24)3/h8-16,18,26,36H,4-7H2,1-3H3/t26-/m0/s1.